The fraction of sp³-hybridized carbons (Fsp3) is 0.217. The minimum atomic E-state index is -0.224. The van der Waals surface area contributed by atoms with E-state index in [4.69, 9.17) is 0 Å². The molecule has 1 aromatic heterocycles. The Balaban J connectivity index is 1.44. The minimum Gasteiger partial charge on any atom is -0.368 e. The second-order valence-electron chi connectivity index (χ2n) is 7.05. The van der Waals surface area contributed by atoms with Crippen LogP contribution in [-0.2, 0) is 0 Å². The maximum Gasteiger partial charge on any atom is 0.258 e. The largest absolute Gasteiger partial charge is 0.368 e. The second-order valence-corrected chi connectivity index (χ2v) is 7.05. The van der Waals surface area contributed by atoms with E-state index in [-0.39, 0.29) is 11.7 Å². The van der Waals surface area contributed by atoms with Gasteiger partial charge in [-0.25, -0.2) is 9.37 Å². The summed E-state index contributed by atoms with van der Waals surface area (Å²) in [7, 11) is 1.78. The number of pyridine rings is 1. The number of piperazine rings is 1. The zero-order valence-electron chi connectivity index (χ0n) is 16.3. The summed E-state index contributed by atoms with van der Waals surface area (Å²) in [6, 6.07) is 19.8. The van der Waals surface area contributed by atoms with Gasteiger partial charge in [-0.05, 0) is 48.5 Å². The highest BCUT2D eigenvalue weighted by Crippen LogP contribution is 2.21. The predicted molar refractivity (Wildman–Crippen MR) is 114 cm³/mol. The lowest BCUT2D eigenvalue weighted by Crippen LogP contribution is -2.46. The highest BCUT2D eigenvalue weighted by Gasteiger charge is 2.20. The van der Waals surface area contributed by atoms with E-state index in [9.17, 15) is 9.18 Å². The van der Waals surface area contributed by atoms with Crippen LogP contribution in [0.3, 0.4) is 0 Å². The van der Waals surface area contributed by atoms with Gasteiger partial charge in [-0.1, -0.05) is 18.2 Å². The number of anilines is 3. The van der Waals surface area contributed by atoms with Crippen LogP contribution < -0.4 is 14.7 Å². The first-order chi connectivity index (χ1) is 14.1. The third-order valence-corrected chi connectivity index (χ3v) is 5.24. The van der Waals surface area contributed by atoms with Gasteiger partial charge in [0.15, 0.2) is 0 Å². The Morgan fingerprint density at radius 2 is 1.59 bits per heavy atom. The first kappa shape index (κ1) is 18.9. The average molecular weight is 390 g/mol. The number of carbonyl (C=O) groups excluding carboxylic acids is 1. The van der Waals surface area contributed by atoms with Gasteiger partial charge >= 0.3 is 0 Å². The summed E-state index contributed by atoms with van der Waals surface area (Å²) in [5.41, 5.74) is 2.48. The molecule has 0 atom stereocenters. The van der Waals surface area contributed by atoms with Crippen molar-refractivity contribution in [2.45, 2.75) is 0 Å². The molecule has 2 aromatic carbocycles. The van der Waals surface area contributed by atoms with Crippen LogP contribution in [0.2, 0.25) is 0 Å². The molecule has 1 aliphatic rings. The third-order valence-electron chi connectivity index (χ3n) is 5.24. The Morgan fingerprint density at radius 3 is 2.28 bits per heavy atom. The van der Waals surface area contributed by atoms with Crippen molar-refractivity contribution in [3.63, 3.8) is 0 Å². The highest BCUT2D eigenvalue weighted by atomic mass is 19.1. The quantitative estimate of drug-likeness (QED) is 0.679. The molecule has 0 N–H and O–H groups in total. The molecular weight excluding hydrogens is 367 g/mol. The van der Waals surface area contributed by atoms with Crippen LogP contribution in [0.1, 0.15) is 10.4 Å². The molecular formula is C23H23FN4O. The molecule has 2 heterocycles. The van der Waals surface area contributed by atoms with Crippen molar-refractivity contribution < 1.29 is 9.18 Å². The molecule has 0 bridgehead atoms. The number of benzene rings is 2. The fourth-order valence-corrected chi connectivity index (χ4v) is 3.53. The predicted octanol–water partition coefficient (Wildman–Crippen LogP) is 3.82. The second kappa shape index (κ2) is 8.31. The lowest BCUT2D eigenvalue weighted by Gasteiger charge is -2.36. The van der Waals surface area contributed by atoms with E-state index in [0.717, 1.165) is 43.4 Å². The SMILES string of the molecule is CN(C(=O)c1ccnc(N2CCN(c3ccc(F)cc3)CC2)c1)c1ccccc1. The number of halogens is 1. The average Bonchev–Trinajstić information content (AvgIpc) is 2.79. The number of nitrogens with zero attached hydrogens (tertiary/aromatic N) is 4. The van der Waals surface area contributed by atoms with Crippen molar-refractivity contribution in [1.82, 2.24) is 4.98 Å². The lowest BCUT2D eigenvalue weighted by molar-refractivity contribution is 0.0993. The highest BCUT2D eigenvalue weighted by molar-refractivity contribution is 6.06. The molecule has 0 aliphatic carbocycles. The van der Waals surface area contributed by atoms with Crippen LogP contribution in [-0.4, -0.2) is 44.1 Å². The first-order valence-electron chi connectivity index (χ1n) is 9.66. The van der Waals surface area contributed by atoms with Crippen LogP contribution in [0.4, 0.5) is 21.6 Å². The van der Waals surface area contributed by atoms with Crippen molar-refractivity contribution in [2.75, 3.05) is 47.9 Å². The molecule has 0 radical (unpaired) electrons. The number of hydrogen-bond donors (Lipinski definition) is 0. The minimum absolute atomic E-state index is 0.0650. The van der Waals surface area contributed by atoms with Crippen molar-refractivity contribution in [3.05, 3.63) is 84.3 Å². The Morgan fingerprint density at radius 1 is 0.931 bits per heavy atom. The van der Waals surface area contributed by atoms with E-state index in [1.807, 2.05) is 48.5 Å². The molecule has 6 heteroatoms. The molecule has 5 nitrogen and oxygen atoms in total. The van der Waals surface area contributed by atoms with Crippen molar-refractivity contribution in [2.24, 2.45) is 0 Å². The van der Waals surface area contributed by atoms with Gasteiger partial charge < -0.3 is 14.7 Å². The van der Waals surface area contributed by atoms with E-state index >= 15 is 0 Å². The summed E-state index contributed by atoms with van der Waals surface area (Å²) in [4.78, 5) is 23.4. The number of amides is 1. The summed E-state index contributed by atoms with van der Waals surface area (Å²) in [5.74, 6) is 0.513. The molecule has 1 amide bonds. The van der Waals surface area contributed by atoms with Gasteiger partial charge in [-0.15, -0.1) is 0 Å². The van der Waals surface area contributed by atoms with Gasteiger partial charge in [0, 0.05) is 56.4 Å². The number of aromatic nitrogens is 1. The Labute approximate surface area is 170 Å². The van der Waals surface area contributed by atoms with Crippen LogP contribution >= 0.6 is 0 Å². The summed E-state index contributed by atoms with van der Waals surface area (Å²) in [5, 5.41) is 0. The third kappa shape index (κ3) is 4.21. The Hall–Kier alpha value is -3.41. The fourth-order valence-electron chi connectivity index (χ4n) is 3.53. The van der Waals surface area contributed by atoms with Crippen molar-refractivity contribution >= 4 is 23.1 Å². The van der Waals surface area contributed by atoms with Gasteiger partial charge in [-0.3, -0.25) is 4.79 Å². The molecule has 29 heavy (non-hydrogen) atoms. The van der Waals surface area contributed by atoms with Crippen LogP contribution in [0.15, 0.2) is 72.9 Å². The van der Waals surface area contributed by atoms with E-state index in [1.165, 1.54) is 12.1 Å². The van der Waals surface area contributed by atoms with E-state index < -0.39 is 0 Å². The summed E-state index contributed by atoms with van der Waals surface area (Å²) in [6.45, 7) is 3.21. The maximum absolute atomic E-state index is 13.1. The number of para-hydroxylation sites is 1. The Kier molecular flexibility index (Phi) is 5.42. The molecule has 1 fully saturated rings. The van der Waals surface area contributed by atoms with E-state index in [1.54, 1.807) is 24.2 Å². The van der Waals surface area contributed by atoms with E-state index in [2.05, 4.69) is 14.8 Å². The summed E-state index contributed by atoms with van der Waals surface area (Å²) < 4.78 is 13.1. The normalized spacial score (nSPS) is 14.0. The lowest BCUT2D eigenvalue weighted by atomic mass is 10.2. The van der Waals surface area contributed by atoms with Crippen LogP contribution in [0.5, 0.6) is 0 Å². The molecule has 148 valence electrons. The molecule has 0 spiro atoms. The molecule has 4 rings (SSSR count). The van der Waals surface area contributed by atoms with Crippen LogP contribution in [0.25, 0.3) is 0 Å². The monoisotopic (exact) mass is 390 g/mol. The van der Waals surface area contributed by atoms with Gasteiger partial charge in [-0.2, -0.15) is 0 Å². The summed E-state index contributed by atoms with van der Waals surface area (Å²) in [6.07, 6.45) is 1.69. The molecule has 1 saturated heterocycles. The first-order valence-corrected chi connectivity index (χ1v) is 9.66. The van der Waals surface area contributed by atoms with Gasteiger partial charge in [0.05, 0.1) is 0 Å². The number of rotatable bonds is 4. The molecule has 0 unspecified atom stereocenters. The van der Waals surface area contributed by atoms with Gasteiger partial charge in [0.2, 0.25) is 0 Å². The van der Waals surface area contributed by atoms with E-state index in [0.29, 0.717) is 5.56 Å². The molecule has 0 saturated carbocycles. The molecule has 3 aromatic rings. The zero-order chi connectivity index (χ0) is 20.2. The number of carbonyl (C=O) groups is 1. The van der Waals surface area contributed by atoms with Crippen molar-refractivity contribution in [1.29, 1.82) is 0 Å². The van der Waals surface area contributed by atoms with Gasteiger partial charge in [0.1, 0.15) is 11.6 Å². The molecule has 1 aliphatic heterocycles. The van der Waals surface area contributed by atoms with Crippen molar-refractivity contribution in [3.8, 4) is 0 Å². The summed E-state index contributed by atoms with van der Waals surface area (Å²) >= 11 is 0. The zero-order valence-corrected chi connectivity index (χ0v) is 16.3. The van der Waals surface area contributed by atoms with Gasteiger partial charge in [0.25, 0.3) is 5.91 Å². The smallest absolute Gasteiger partial charge is 0.258 e. The van der Waals surface area contributed by atoms with Crippen LogP contribution in [0, 0.1) is 5.82 Å². The maximum atomic E-state index is 13.1. The number of hydrogen-bond acceptors (Lipinski definition) is 4. The standard InChI is InChI=1S/C23H23FN4O/c1-26(20-5-3-2-4-6-20)23(29)18-11-12-25-22(17-18)28-15-13-27(14-16-28)21-9-7-19(24)8-10-21/h2-12,17H,13-16H2,1H3. The topological polar surface area (TPSA) is 39.7 Å². The Bertz CT molecular complexity index is 970.